The van der Waals surface area contributed by atoms with Gasteiger partial charge in [0.1, 0.15) is 6.10 Å². The summed E-state index contributed by atoms with van der Waals surface area (Å²) in [6, 6.07) is 24.7. The quantitative estimate of drug-likeness (QED) is 0.0436. The van der Waals surface area contributed by atoms with E-state index in [4.69, 9.17) is 14.0 Å². The lowest BCUT2D eigenvalue weighted by Crippen LogP contribution is -2.41. The number of unbranched alkanes of at least 4 members (excludes halogenated alkanes) is 15. The van der Waals surface area contributed by atoms with Gasteiger partial charge in [-0.3, -0.25) is 14.2 Å². The molecule has 3 aromatic rings. The van der Waals surface area contributed by atoms with E-state index in [1.54, 1.807) is 60.7 Å². The summed E-state index contributed by atoms with van der Waals surface area (Å²) in [5.74, 6) is -2.16. The molecule has 0 aliphatic heterocycles. The van der Waals surface area contributed by atoms with Gasteiger partial charge < -0.3 is 29.3 Å². The zero-order valence-electron chi connectivity index (χ0n) is 32.3. The van der Waals surface area contributed by atoms with Crippen molar-refractivity contribution < 1.29 is 38.2 Å². The summed E-state index contributed by atoms with van der Waals surface area (Å²) in [4.78, 5) is 37.1. The molecule has 0 radical (unpaired) electrons. The van der Waals surface area contributed by atoms with Crippen LogP contribution in [0.25, 0.3) is 0 Å². The number of benzene rings is 3. The van der Waals surface area contributed by atoms with Crippen LogP contribution in [0.2, 0.25) is 0 Å². The van der Waals surface area contributed by atoms with E-state index >= 15 is 0 Å². The molecule has 3 N–H and O–H groups in total. The number of carboxylic acid groups (broad SMARTS) is 1. The lowest BCUT2D eigenvalue weighted by atomic mass is 10.0. The number of nitrogens with one attached hydrogen (secondary N) is 1. The highest BCUT2D eigenvalue weighted by atomic mass is 31.2. The van der Waals surface area contributed by atoms with Crippen molar-refractivity contribution in [1.29, 1.82) is 0 Å². The van der Waals surface area contributed by atoms with E-state index in [9.17, 15) is 24.2 Å². The zero-order chi connectivity index (χ0) is 38.7. The van der Waals surface area contributed by atoms with Crippen LogP contribution in [0.3, 0.4) is 0 Å². The van der Waals surface area contributed by atoms with E-state index in [0.717, 1.165) is 24.8 Å². The van der Waals surface area contributed by atoms with Crippen molar-refractivity contribution in [3.63, 3.8) is 0 Å². The molecule has 0 aromatic heterocycles. The fraction of sp³-hybridized carbons (Fsp3) is 0.545. The SMILES string of the molecule is CCCCCCCCCCCCCCCCCCOC[C@H](COP(=O)(O)C(C(=O)O)C(NC(=O)c1ccccc1)c1ccccc1)OCc1ccccc1. The number of carboxylic acids is 1. The minimum absolute atomic E-state index is 0.107. The number of ether oxygens (including phenoxy) is 2. The maximum Gasteiger partial charge on any atom is 0.344 e. The van der Waals surface area contributed by atoms with Crippen molar-refractivity contribution in [2.75, 3.05) is 19.8 Å². The predicted octanol–water partition coefficient (Wildman–Crippen LogP) is 10.7. The lowest BCUT2D eigenvalue weighted by molar-refractivity contribution is -0.137. The maximum atomic E-state index is 13.8. The van der Waals surface area contributed by atoms with Crippen LogP contribution in [0.4, 0.5) is 0 Å². The first kappa shape index (κ1) is 45.1. The van der Waals surface area contributed by atoms with E-state index in [0.29, 0.717) is 12.2 Å². The Labute approximate surface area is 323 Å². The standard InChI is InChI=1S/C44H64NO8P/c1-2-3-4-5-6-7-8-9-10-11-12-13-14-15-16-26-33-51-35-40(52-34-37-27-20-17-21-28-37)36-53-54(49,50)42(44(47)48)41(38-29-22-18-23-30-38)45-43(46)39-31-24-19-25-32-39/h17-25,27-32,40-42H,2-16,26,33-36H2,1H3,(H,45,46)(H,47,48)(H,49,50)/t40-,41?,42?/m1/s1. The van der Waals surface area contributed by atoms with Crippen molar-refractivity contribution >= 4 is 19.5 Å². The largest absolute Gasteiger partial charge is 0.480 e. The van der Waals surface area contributed by atoms with Gasteiger partial charge in [-0.1, -0.05) is 182 Å². The first-order valence-corrected chi connectivity index (χ1v) is 21.8. The smallest absolute Gasteiger partial charge is 0.344 e. The molecule has 3 unspecified atom stereocenters. The van der Waals surface area contributed by atoms with Crippen molar-refractivity contribution in [2.24, 2.45) is 0 Å². The summed E-state index contributed by atoms with van der Waals surface area (Å²) < 4.78 is 31.4. The Morgan fingerprint density at radius 3 is 1.67 bits per heavy atom. The fourth-order valence-electron chi connectivity index (χ4n) is 6.46. The molecule has 4 atom stereocenters. The molecular formula is C44H64NO8P. The van der Waals surface area contributed by atoms with Gasteiger partial charge in [0, 0.05) is 12.2 Å². The molecule has 0 saturated heterocycles. The number of rotatable bonds is 31. The molecule has 3 aromatic carbocycles. The van der Waals surface area contributed by atoms with Gasteiger partial charge >= 0.3 is 13.6 Å². The molecule has 0 fully saturated rings. The van der Waals surface area contributed by atoms with Crippen molar-refractivity contribution in [1.82, 2.24) is 5.32 Å². The Hall–Kier alpha value is -3.33. The van der Waals surface area contributed by atoms with Gasteiger partial charge in [0.25, 0.3) is 5.91 Å². The van der Waals surface area contributed by atoms with E-state index in [1.807, 2.05) is 30.3 Å². The highest BCUT2D eigenvalue weighted by Crippen LogP contribution is 2.52. The molecule has 0 aliphatic rings. The molecule has 1 amide bonds. The first-order valence-electron chi connectivity index (χ1n) is 20.2. The molecule has 3 rings (SSSR count). The molecular weight excluding hydrogens is 701 g/mol. The minimum atomic E-state index is -4.91. The van der Waals surface area contributed by atoms with Crippen LogP contribution in [0.15, 0.2) is 91.0 Å². The van der Waals surface area contributed by atoms with Crippen LogP contribution in [0.1, 0.15) is 137 Å². The Morgan fingerprint density at radius 2 is 1.15 bits per heavy atom. The number of carbonyl (C=O) groups excluding carboxylic acids is 1. The van der Waals surface area contributed by atoms with E-state index in [2.05, 4.69) is 12.2 Å². The molecule has 0 spiro atoms. The van der Waals surface area contributed by atoms with Gasteiger partial charge in [0.15, 0.2) is 5.66 Å². The van der Waals surface area contributed by atoms with Crippen LogP contribution >= 0.6 is 7.60 Å². The second kappa shape index (κ2) is 27.3. The second-order valence-electron chi connectivity index (χ2n) is 14.2. The van der Waals surface area contributed by atoms with Gasteiger partial charge in [-0.25, -0.2) is 0 Å². The summed E-state index contributed by atoms with van der Waals surface area (Å²) in [6.45, 7) is 2.72. The topological polar surface area (TPSA) is 131 Å². The van der Waals surface area contributed by atoms with Crippen LogP contribution in [-0.2, 0) is 30.0 Å². The fourth-order valence-corrected chi connectivity index (χ4v) is 7.90. The molecule has 54 heavy (non-hydrogen) atoms. The lowest BCUT2D eigenvalue weighted by Gasteiger charge is -2.29. The van der Waals surface area contributed by atoms with Crippen molar-refractivity contribution in [2.45, 2.75) is 134 Å². The molecule has 10 heteroatoms. The number of carbonyl (C=O) groups is 2. The van der Waals surface area contributed by atoms with Gasteiger partial charge in [-0.15, -0.1) is 0 Å². The van der Waals surface area contributed by atoms with E-state index in [1.165, 1.54) is 83.5 Å². The van der Waals surface area contributed by atoms with Gasteiger partial charge in [0.05, 0.1) is 25.9 Å². The summed E-state index contributed by atoms with van der Waals surface area (Å²) in [7, 11) is -4.91. The average Bonchev–Trinajstić information content (AvgIpc) is 3.18. The van der Waals surface area contributed by atoms with Gasteiger partial charge in [-0.2, -0.15) is 0 Å². The summed E-state index contributed by atoms with van der Waals surface area (Å²) in [5, 5.41) is 13.0. The predicted molar refractivity (Wildman–Crippen MR) is 216 cm³/mol. The Bertz CT molecular complexity index is 1460. The Morgan fingerprint density at radius 1 is 0.667 bits per heavy atom. The van der Waals surface area contributed by atoms with Crippen molar-refractivity contribution in [3.05, 3.63) is 108 Å². The van der Waals surface area contributed by atoms with Crippen LogP contribution < -0.4 is 5.32 Å². The highest BCUT2D eigenvalue weighted by Gasteiger charge is 2.46. The number of hydrogen-bond acceptors (Lipinski definition) is 6. The van der Waals surface area contributed by atoms with Crippen LogP contribution in [0.5, 0.6) is 0 Å². The second-order valence-corrected chi connectivity index (χ2v) is 16.1. The Balaban J connectivity index is 1.47. The van der Waals surface area contributed by atoms with E-state index in [-0.39, 0.29) is 25.4 Å². The third-order valence-electron chi connectivity index (χ3n) is 9.62. The van der Waals surface area contributed by atoms with Gasteiger partial charge in [-0.05, 0) is 29.7 Å². The molecule has 298 valence electrons. The van der Waals surface area contributed by atoms with Gasteiger partial charge in [0.2, 0.25) is 0 Å². The molecule has 9 nitrogen and oxygen atoms in total. The molecule has 0 heterocycles. The number of aliphatic carboxylic acids is 1. The summed E-state index contributed by atoms with van der Waals surface area (Å²) in [6.07, 6.45) is 19.8. The number of amides is 1. The average molecular weight is 766 g/mol. The maximum absolute atomic E-state index is 13.8. The van der Waals surface area contributed by atoms with E-state index < -0.39 is 37.3 Å². The molecule has 0 aliphatic carbocycles. The highest BCUT2D eigenvalue weighted by molar-refractivity contribution is 7.54. The third kappa shape index (κ3) is 18.3. The normalized spacial score (nSPS) is 14.2. The zero-order valence-corrected chi connectivity index (χ0v) is 33.2. The van der Waals surface area contributed by atoms with Crippen LogP contribution in [0, 0.1) is 0 Å². The number of hydrogen-bond donors (Lipinski definition) is 3. The Kier molecular flexibility index (Phi) is 22.8. The summed E-state index contributed by atoms with van der Waals surface area (Å²) in [5.41, 5.74) is -0.449. The molecule has 0 saturated carbocycles. The molecule has 0 bridgehead atoms. The first-order chi connectivity index (χ1) is 26.3. The van der Waals surface area contributed by atoms with Crippen molar-refractivity contribution in [3.8, 4) is 0 Å². The third-order valence-corrected chi connectivity index (χ3v) is 11.4. The monoisotopic (exact) mass is 765 g/mol. The van der Waals surface area contributed by atoms with Crippen LogP contribution in [-0.4, -0.2) is 53.5 Å². The minimum Gasteiger partial charge on any atom is -0.480 e. The summed E-state index contributed by atoms with van der Waals surface area (Å²) >= 11 is 0.